The lowest BCUT2D eigenvalue weighted by atomic mass is 10.2. The Labute approximate surface area is 99.0 Å². The number of phenolic OH excluding ortho intramolecular Hbond substituents is 1. The van der Waals surface area contributed by atoms with Crippen LogP contribution in [0, 0.1) is 0 Å². The van der Waals surface area contributed by atoms with Crippen molar-refractivity contribution < 1.29 is 5.11 Å². The molecule has 0 aliphatic carbocycles. The van der Waals surface area contributed by atoms with E-state index in [1.54, 1.807) is 23.5 Å². The molecule has 0 saturated carbocycles. The predicted molar refractivity (Wildman–Crippen MR) is 69.0 cm³/mol. The second kappa shape index (κ2) is 5.33. The van der Waals surface area contributed by atoms with Gasteiger partial charge in [0.15, 0.2) is 0 Å². The molecular weight excluding hydrogens is 216 g/mol. The molecular formula is C14H12OS. The minimum Gasteiger partial charge on any atom is -0.508 e. The van der Waals surface area contributed by atoms with Gasteiger partial charge in [0.25, 0.3) is 0 Å². The fourth-order valence-electron chi connectivity index (χ4n) is 1.32. The Morgan fingerprint density at radius 1 is 0.750 bits per heavy atom. The maximum Gasteiger partial charge on any atom is 0.115 e. The Balaban J connectivity index is 2.48. The lowest BCUT2D eigenvalue weighted by molar-refractivity contribution is 0.475. The summed E-state index contributed by atoms with van der Waals surface area (Å²) in [5, 5.41) is 11.3. The zero-order chi connectivity index (χ0) is 11.2. The minimum atomic E-state index is 0.296. The van der Waals surface area contributed by atoms with Crippen LogP contribution in [0.25, 0.3) is 10.4 Å². The first-order valence-corrected chi connectivity index (χ1v) is 5.90. The highest BCUT2D eigenvalue weighted by Gasteiger charge is 1.95. The third kappa shape index (κ3) is 2.84. The summed E-state index contributed by atoms with van der Waals surface area (Å²) in [6.45, 7) is 0. The Morgan fingerprint density at radius 3 is 2.25 bits per heavy atom. The number of aromatic hydroxyl groups is 1. The molecule has 0 aliphatic heterocycles. The van der Waals surface area contributed by atoms with Crippen molar-refractivity contribution in [2.24, 2.45) is 0 Å². The molecule has 0 amide bonds. The number of rotatable bonds is 1. The topological polar surface area (TPSA) is 20.2 Å². The molecule has 0 aliphatic rings. The van der Waals surface area contributed by atoms with Gasteiger partial charge in [-0.05, 0) is 41.3 Å². The molecule has 0 saturated heterocycles. The molecule has 0 bridgehead atoms. The van der Waals surface area contributed by atoms with Crippen LogP contribution in [0.3, 0.4) is 0 Å². The van der Waals surface area contributed by atoms with Gasteiger partial charge < -0.3 is 5.11 Å². The molecule has 1 N–H and O–H groups in total. The molecule has 2 heteroatoms. The monoisotopic (exact) mass is 228 g/mol. The summed E-state index contributed by atoms with van der Waals surface area (Å²) < 4.78 is 0. The van der Waals surface area contributed by atoms with Gasteiger partial charge in [0.2, 0.25) is 0 Å². The molecule has 80 valence electrons. The molecule has 0 spiro atoms. The van der Waals surface area contributed by atoms with E-state index >= 15 is 0 Å². The van der Waals surface area contributed by atoms with Crippen LogP contribution in [-0.2, 0) is 0 Å². The number of benzene rings is 1. The van der Waals surface area contributed by atoms with Gasteiger partial charge in [0, 0.05) is 4.88 Å². The second-order valence-electron chi connectivity index (χ2n) is 3.29. The normalized spacial score (nSPS) is 9.50. The SMILES string of the molecule is Oc1ccc(-c2cccccccs2)cc1. The Kier molecular flexibility index (Phi) is 3.57. The van der Waals surface area contributed by atoms with Crippen molar-refractivity contribution in [3.63, 3.8) is 0 Å². The molecule has 2 rings (SSSR count). The molecule has 1 aromatic carbocycles. The van der Waals surface area contributed by atoms with Crippen LogP contribution in [0.15, 0.2) is 66.0 Å². The van der Waals surface area contributed by atoms with E-state index in [0.29, 0.717) is 5.75 Å². The average Bonchev–Trinajstić information content (AvgIpc) is 2.43. The molecule has 2 aromatic rings. The number of hydrogen-bond acceptors (Lipinski definition) is 2. The van der Waals surface area contributed by atoms with Gasteiger partial charge in [-0.3, -0.25) is 0 Å². The molecule has 16 heavy (non-hydrogen) atoms. The van der Waals surface area contributed by atoms with Gasteiger partial charge in [-0.15, -0.1) is 11.3 Å². The van der Waals surface area contributed by atoms with Crippen molar-refractivity contribution in [1.29, 1.82) is 0 Å². The highest BCUT2D eigenvalue weighted by molar-refractivity contribution is 7.13. The summed E-state index contributed by atoms with van der Waals surface area (Å²) in [6, 6.07) is 19.3. The lowest BCUT2D eigenvalue weighted by Crippen LogP contribution is -1.71. The van der Waals surface area contributed by atoms with Gasteiger partial charge in [0.1, 0.15) is 5.75 Å². The molecule has 0 unspecified atom stereocenters. The number of hydrogen-bond donors (Lipinski definition) is 1. The first kappa shape index (κ1) is 10.7. The summed E-state index contributed by atoms with van der Waals surface area (Å²) in [7, 11) is 0. The van der Waals surface area contributed by atoms with E-state index < -0.39 is 0 Å². The van der Waals surface area contributed by atoms with Crippen LogP contribution in [-0.4, -0.2) is 5.11 Å². The quantitative estimate of drug-likeness (QED) is 0.773. The summed E-state index contributed by atoms with van der Waals surface area (Å²) in [4.78, 5) is 1.16. The fraction of sp³-hybridized carbons (Fsp3) is 0. The molecule has 0 atom stereocenters. The van der Waals surface area contributed by atoms with Gasteiger partial charge in [-0.2, -0.15) is 0 Å². The zero-order valence-electron chi connectivity index (χ0n) is 8.71. The van der Waals surface area contributed by atoms with E-state index in [9.17, 15) is 5.11 Å². The Bertz CT molecular complexity index is 474. The standard InChI is InChI=1S/C14H12OS/c15-13-9-7-12(8-10-13)14-6-4-2-1-3-5-11-16-14/h1-11,15H. The van der Waals surface area contributed by atoms with Crippen molar-refractivity contribution in [2.75, 3.05) is 0 Å². The van der Waals surface area contributed by atoms with E-state index in [-0.39, 0.29) is 0 Å². The van der Waals surface area contributed by atoms with Crippen LogP contribution >= 0.6 is 11.3 Å². The summed E-state index contributed by atoms with van der Waals surface area (Å²) >= 11 is 1.67. The lowest BCUT2D eigenvalue weighted by Gasteiger charge is -1.98. The van der Waals surface area contributed by atoms with E-state index in [2.05, 4.69) is 6.07 Å². The molecule has 1 nitrogen and oxygen atoms in total. The van der Waals surface area contributed by atoms with Crippen molar-refractivity contribution in [1.82, 2.24) is 0 Å². The van der Waals surface area contributed by atoms with Crippen molar-refractivity contribution >= 4 is 11.3 Å². The number of phenols is 1. The van der Waals surface area contributed by atoms with Crippen LogP contribution in [0.5, 0.6) is 5.75 Å². The summed E-state index contributed by atoms with van der Waals surface area (Å²) in [6.07, 6.45) is 0. The minimum absolute atomic E-state index is 0.296. The predicted octanol–water partition coefficient (Wildman–Crippen LogP) is 4.25. The largest absolute Gasteiger partial charge is 0.508 e. The Hall–Kier alpha value is -1.80. The first-order chi connectivity index (χ1) is 7.86. The molecule has 0 fully saturated rings. The van der Waals surface area contributed by atoms with Crippen molar-refractivity contribution in [3.8, 4) is 16.2 Å². The third-order valence-corrected chi connectivity index (χ3v) is 3.04. The molecule has 1 heterocycles. The van der Waals surface area contributed by atoms with Crippen LogP contribution in [0.1, 0.15) is 0 Å². The van der Waals surface area contributed by atoms with E-state index in [4.69, 9.17) is 0 Å². The first-order valence-electron chi connectivity index (χ1n) is 5.02. The fourth-order valence-corrected chi connectivity index (χ4v) is 2.07. The van der Waals surface area contributed by atoms with Gasteiger partial charge in [-0.1, -0.05) is 30.3 Å². The Morgan fingerprint density at radius 2 is 1.44 bits per heavy atom. The smallest absolute Gasteiger partial charge is 0.115 e. The summed E-state index contributed by atoms with van der Waals surface area (Å²) in [5.41, 5.74) is 1.11. The van der Waals surface area contributed by atoms with Crippen molar-refractivity contribution in [3.05, 3.63) is 66.0 Å². The van der Waals surface area contributed by atoms with E-state index in [1.807, 2.05) is 47.8 Å². The van der Waals surface area contributed by atoms with E-state index in [1.165, 1.54) is 0 Å². The van der Waals surface area contributed by atoms with Gasteiger partial charge in [-0.25, -0.2) is 0 Å². The second-order valence-corrected chi connectivity index (χ2v) is 4.24. The van der Waals surface area contributed by atoms with Gasteiger partial charge in [0.05, 0.1) is 0 Å². The van der Waals surface area contributed by atoms with E-state index in [0.717, 1.165) is 10.4 Å². The highest BCUT2D eigenvalue weighted by atomic mass is 32.1. The summed E-state index contributed by atoms with van der Waals surface area (Å²) in [5.74, 6) is 0.296. The van der Waals surface area contributed by atoms with Crippen LogP contribution in [0.2, 0.25) is 0 Å². The van der Waals surface area contributed by atoms with Crippen LogP contribution in [0.4, 0.5) is 0 Å². The maximum atomic E-state index is 9.24. The third-order valence-electron chi connectivity index (χ3n) is 2.12. The average molecular weight is 228 g/mol. The molecule has 1 aromatic heterocycles. The van der Waals surface area contributed by atoms with Gasteiger partial charge >= 0.3 is 0 Å². The zero-order valence-corrected chi connectivity index (χ0v) is 9.52. The van der Waals surface area contributed by atoms with Crippen LogP contribution < -0.4 is 0 Å². The maximum absolute atomic E-state index is 9.24. The highest BCUT2D eigenvalue weighted by Crippen LogP contribution is 2.23. The van der Waals surface area contributed by atoms with Crippen molar-refractivity contribution in [2.45, 2.75) is 0 Å². The molecule has 0 radical (unpaired) electrons.